The van der Waals surface area contributed by atoms with Crippen LogP contribution in [0.5, 0.6) is 0 Å². The summed E-state index contributed by atoms with van der Waals surface area (Å²) in [5.74, 6) is -0.871. The van der Waals surface area contributed by atoms with Gasteiger partial charge in [0, 0.05) is 25.7 Å². The smallest absolute Gasteiger partial charge is 0.336 e. The van der Waals surface area contributed by atoms with Gasteiger partial charge < -0.3 is 14.6 Å². The first-order valence-corrected chi connectivity index (χ1v) is 8.65. The minimum atomic E-state index is -1.05. The minimum Gasteiger partial charge on any atom is -0.456 e. The molecule has 0 radical (unpaired) electrons. The molecule has 2 saturated heterocycles. The predicted molar refractivity (Wildman–Crippen MR) is 88.7 cm³/mol. The van der Waals surface area contributed by atoms with Crippen LogP contribution < -0.4 is 0 Å². The molecule has 3 heterocycles. The summed E-state index contributed by atoms with van der Waals surface area (Å²) in [6, 6.07) is 0. The van der Waals surface area contributed by atoms with Gasteiger partial charge in [-0.1, -0.05) is 18.2 Å². The quantitative estimate of drug-likeness (QED) is 0.572. The van der Waals surface area contributed by atoms with Crippen LogP contribution in [0, 0.1) is 5.92 Å². The van der Waals surface area contributed by atoms with Crippen LogP contribution in [0.4, 0.5) is 0 Å². The number of hydrogen-bond acceptors (Lipinski definition) is 6. The Bertz CT molecular complexity index is 663. The van der Waals surface area contributed by atoms with Gasteiger partial charge in [0.05, 0.1) is 11.2 Å². The van der Waals surface area contributed by atoms with Crippen molar-refractivity contribution in [1.82, 2.24) is 0 Å². The van der Waals surface area contributed by atoms with Crippen LogP contribution in [-0.4, -0.2) is 46.6 Å². The Labute approximate surface area is 146 Å². The van der Waals surface area contributed by atoms with Gasteiger partial charge in [0.1, 0.15) is 24.1 Å². The van der Waals surface area contributed by atoms with Crippen LogP contribution in [0.15, 0.2) is 23.8 Å². The van der Waals surface area contributed by atoms with E-state index in [1.165, 1.54) is 0 Å². The molecule has 1 unspecified atom stereocenters. The van der Waals surface area contributed by atoms with Gasteiger partial charge in [-0.3, -0.25) is 9.59 Å². The molecule has 0 spiro atoms. The van der Waals surface area contributed by atoms with Gasteiger partial charge in [0.15, 0.2) is 5.78 Å². The van der Waals surface area contributed by atoms with Crippen LogP contribution in [0.3, 0.4) is 0 Å². The molecule has 0 aromatic carbocycles. The molecule has 6 nitrogen and oxygen atoms in total. The summed E-state index contributed by atoms with van der Waals surface area (Å²) in [4.78, 5) is 36.8. The lowest BCUT2D eigenvalue weighted by Gasteiger charge is -2.27. The van der Waals surface area contributed by atoms with Crippen LogP contribution >= 0.6 is 0 Å². The molecule has 3 rings (SSSR count). The summed E-state index contributed by atoms with van der Waals surface area (Å²) in [5, 5.41) is 10.5. The average Bonchev–Trinajstić information content (AvgIpc) is 2.91. The van der Waals surface area contributed by atoms with Crippen molar-refractivity contribution in [1.29, 1.82) is 0 Å². The second kappa shape index (κ2) is 6.50. The lowest BCUT2D eigenvalue weighted by molar-refractivity contribution is -0.144. The maximum Gasteiger partial charge on any atom is 0.336 e. The molecule has 0 saturated carbocycles. The van der Waals surface area contributed by atoms with E-state index >= 15 is 0 Å². The van der Waals surface area contributed by atoms with E-state index in [0.29, 0.717) is 6.42 Å². The Morgan fingerprint density at radius 1 is 1.32 bits per heavy atom. The van der Waals surface area contributed by atoms with Crippen molar-refractivity contribution in [3.8, 4) is 0 Å². The number of Topliss-reactive ketones (excluding diaryl/α,β-unsaturated/α-hetero) is 2. The van der Waals surface area contributed by atoms with Crippen molar-refractivity contribution < 1.29 is 29.0 Å². The number of ketones is 2. The normalized spacial score (nSPS) is 41.2. The Kier molecular flexibility index (Phi) is 4.68. The topological polar surface area (TPSA) is 89.9 Å². The first-order chi connectivity index (χ1) is 11.7. The SMILES string of the molecule is C=C(C)[C@H]1C/C=C2\C(=O)O[C@H](CC3(C)CC(=O)[C@@H](CC(=O)C1)O3)[C@H]2O. The van der Waals surface area contributed by atoms with Crippen molar-refractivity contribution in [3.05, 3.63) is 23.8 Å². The summed E-state index contributed by atoms with van der Waals surface area (Å²) in [5.41, 5.74) is 0.194. The number of carbonyl (C=O) groups is 3. The Morgan fingerprint density at radius 3 is 2.72 bits per heavy atom. The molecule has 6 heteroatoms. The van der Waals surface area contributed by atoms with Crippen molar-refractivity contribution >= 4 is 17.5 Å². The molecule has 5 atom stereocenters. The largest absolute Gasteiger partial charge is 0.456 e. The number of ether oxygens (including phenoxy) is 2. The molecule has 136 valence electrons. The van der Waals surface area contributed by atoms with Gasteiger partial charge in [0.2, 0.25) is 0 Å². The van der Waals surface area contributed by atoms with Gasteiger partial charge in [-0.05, 0) is 26.2 Å². The molecular formula is C19H24O6. The number of allylic oxidation sites excluding steroid dienone is 2. The maximum atomic E-state index is 12.4. The molecule has 2 fully saturated rings. The minimum absolute atomic E-state index is 0.0541. The third-order valence-corrected chi connectivity index (χ3v) is 5.34. The Balaban J connectivity index is 1.94. The fourth-order valence-electron chi connectivity index (χ4n) is 3.88. The zero-order chi connectivity index (χ0) is 18.4. The van der Waals surface area contributed by atoms with E-state index in [9.17, 15) is 19.5 Å². The molecule has 4 bridgehead atoms. The number of rotatable bonds is 1. The fourth-order valence-corrected chi connectivity index (χ4v) is 3.88. The maximum absolute atomic E-state index is 12.4. The first-order valence-electron chi connectivity index (χ1n) is 8.65. The second-order valence-electron chi connectivity index (χ2n) is 7.68. The van der Waals surface area contributed by atoms with Crippen LogP contribution in [0.1, 0.15) is 46.0 Å². The van der Waals surface area contributed by atoms with E-state index in [2.05, 4.69) is 6.58 Å². The standard InChI is InChI=1S/C19H24O6/c1-10(2)11-4-5-13-17(22)16(24-18(13)23)9-19(3)8-14(21)15(25-19)7-12(20)6-11/h5,11,15-17,22H,1,4,6-9H2,2-3H3/b13-5-/t11-,15+,16+,17-,19?/m0/s1. The third-order valence-electron chi connectivity index (χ3n) is 5.34. The van der Waals surface area contributed by atoms with Crippen LogP contribution in [0.25, 0.3) is 0 Å². The van der Waals surface area contributed by atoms with E-state index in [1.54, 1.807) is 13.0 Å². The van der Waals surface area contributed by atoms with Crippen molar-refractivity contribution in [3.63, 3.8) is 0 Å². The number of fused-ring (bicyclic) bond motifs is 4. The number of aliphatic hydroxyl groups excluding tert-OH is 1. The van der Waals surface area contributed by atoms with E-state index in [0.717, 1.165) is 5.57 Å². The number of esters is 1. The molecule has 1 N–H and O–H groups in total. The molecule has 0 amide bonds. The van der Waals surface area contributed by atoms with E-state index in [-0.39, 0.29) is 48.7 Å². The predicted octanol–water partition coefficient (Wildman–Crippen LogP) is 1.65. The highest BCUT2D eigenvalue weighted by Gasteiger charge is 2.49. The summed E-state index contributed by atoms with van der Waals surface area (Å²) < 4.78 is 11.2. The molecule has 3 aliphatic heterocycles. The molecule has 25 heavy (non-hydrogen) atoms. The number of aliphatic hydroxyl groups is 1. The van der Waals surface area contributed by atoms with Gasteiger partial charge in [-0.25, -0.2) is 4.79 Å². The monoisotopic (exact) mass is 348 g/mol. The molecule has 0 aromatic rings. The molecule has 3 aliphatic rings. The highest BCUT2D eigenvalue weighted by molar-refractivity contribution is 5.93. The van der Waals surface area contributed by atoms with Crippen LogP contribution in [-0.2, 0) is 23.9 Å². The van der Waals surface area contributed by atoms with Crippen molar-refractivity contribution in [2.75, 3.05) is 0 Å². The third kappa shape index (κ3) is 3.60. The Morgan fingerprint density at radius 2 is 2.04 bits per heavy atom. The summed E-state index contributed by atoms with van der Waals surface area (Å²) in [7, 11) is 0. The molecule has 0 aliphatic carbocycles. The van der Waals surface area contributed by atoms with Crippen molar-refractivity contribution in [2.45, 2.75) is 69.9 Å². The van der Waals surface area contributed by atoms with E-state index < -0.39 is 29.9 Å². The zero-order valence-electron chi connectivity index (χ0n) is 14.6. The number of hydrogen-bond donors (Lipinski definition) is 1. The van der Waals surface area contributed by atoms with E-state index in [1.807, 2.05) is 6.92 Å². The fraction of sp³-hybridized carbons (Fsp3) is 0.632. The average molecular weight is 348 g/mol. The second-order valence-corrected chi connectivity index (χ2v) is 7.68. The van der Waals surface area contributed by atoms with Crippen molar-refractivity contribution in [2.24, 2.45) is 5.92 Å². The highest BCUT2D eigenvalue weighted by Crippen LogP contribution is 2.38. The summed E-state index contributed by atoms with van der Waals surface area (Å²) >= 11 is 0. The highest BCUT2D eigenvalue weighted by atomic mass is 16.6. The molecule has 0 aromatic heterocycles. The lowest BCUT2D eigenvalue weighted by atomic mass is 9.87. The van der Waals surface area contributed by atoms with Crippen LogP contribution in [0.2, 0.25) is 0 Å². The molecular weight excluding hydrogens is 324 g/mol. The number of carbonyl (C=O) groups excluding carboxylic acids is 3. The summed E-state index contributed by atoms with van der Waals surface area (Å²) in [6.45, 7) is 7.50. The first kappa shape index (κ1) is 18.0. The summed E-state index contributed by atoms with van der Waals surface area (Å²) in [6.07, 6.45) is 0.187. The van der Waals surface area contributed by atoms with Gasteiger partial charge >= 0.3 is 5.97 Å². The van der Waals surface area contributed by atoms with E-state index in [4.69, 9.17) is 9.47 Å². The van der Waals surface area contributed by atoms with Gasteiger partial charge in [0.25, 0.3) is 0 Å². The zero-order valence-corrected chi connectivity index (χ0v) is 14.6. The Hall–Kier alpha value is -1.79. The lowest BCUT2D eigenvalue weighted by Crippen LogP contribution is -2.35. The van der Waals surface area contributed by atoms with Gasteiger partial charge in [-0.2, -0.15) is 0 Å². The van der Waals surface area contributed by atoms with Gasteiger partial charge in [-0.15, -0.1) is 0 Å².